The van der Waals surface area contributed by atoms with Crippen LogP contribution in [0.3, 0.4) is 0 Å². The smallest absolute Gasteiger partial charge is 0.106 e. The van der Waals surface area contributed by atoms with Crippen LogP contribution in [0.1, 0.15) is 44.1 Å². The van der Waals surface area contributed by atoms with E-state index in [0.717, 1.165) is 16.9 Å². The van der Waals surface area contributed by atoms with Crippen molar-refractivity contribution < 1.29 is 4.84 Å². The molecule has 2 nitrogen and oxygen atoms in total. The lowest BCUT2D eigenvalue weighted by atomic mass is 9.78. The molecule has 0 amide bonds. The molecule has 4 heteroatoms. The van der Waals surface area contributed by atoms with Crippen molar-refractivity contribution in [1.82, 2.24) is 0 Å². The lowest BCUT2D eigenvalue weighted by Gasteiger charge is -2.37. The lowest BCUT2D eigenvalue weighted by molar-refractivity contribution is 0.209. The van der Waals surface area contributed by atoms with E-state index in [1.165, 1.54) is 34.1 Å². The Kier molecular flexibility index (Phi) is 5.15. The SMILES string of the molecule is CCC(=NOC)[C@@H]1[C@@H]2CCC(C[C@H]1c1ccc(I)cc1)S2. The van der Waals surface area contributed by atoms with Gasteiger partial charge in [0.05, 0.1) is 5.71 Å². The molecule has 21 heavy (non-hydrogen) atoms. The maximum Gasteiger partial charge on any atom is 0.106 e. The normalized spacial score (nSPS) is 32.2. The topological polar surface area (TPSA) is 21.6 Å². The fourth-order valence-electron chi connectivity index (χ4n) is 3.84. The van der Waals surface area contributed by atoms with Gasteiger partial charge in [0.1, 0.15) is 7.11 Å². The van der Waals surface area contributed by atoms with E-state index in [0.29, 0.717) is 11.8 Å². The molecule has 0 aromatic heterocycles. The molecule has 3 rings (SSSR count). The Hall–Kier alpha value is -0.230. The first-order valence-electron chi connectivity index (χ1n) is 7.73. The van der Waals surface area contributed by atoms with Gasteiger partial charge in [-0.3, -0.25) is 0 Å². The van der Waals surface area contributed by atoms with Crippen LogP contribution >= 0.6 is 34.4 Å². The number of fused-ring (bicyclic) bond motifs is 2. The highest BCUT2D eigenvalue weighted by Crippen LogP contribution is 2.53. The molecule has 0 aliphatic carbocycles. The number of hydrogen-bond acceptors (Lipinski definition) is 3. The summed E-state index contributed by atoms with van der Waals surface area (Å²) in [5.41, 5.74) is 2.73. The molecule has 2 aliphatic heterocycles. The van der Waals surface area contributed by atoms with Gasteiger partial charge in [0, 0.05) is 20.0 Å². The van der Waals surface area contributed by atoms with Gasteiger partial charge in [0.15, 0.2) is 0 Å². The van der Waals surface area contributed by atoms with E-state index in [4.69, 9.17) is 4.84 Å². The molecule has 2 saturated heterocycles. The average molecular weight is 415 g/mol. The molecule has 4 atom stereocenters. The van der Waals surface area contributed by atoms with Crippen LogP contribution in [0.2, 0.25) is 0 Å². The first kappa shape index (κ1) is 15.7. The second-order valence-electron chi connectivity index (χ2n) is 5.91. The summed E-state index contributed by atoms with van der Waals surface area (Å²) in [4.78, 5) is 5.14. The first-order chi connectivity index (χ1) is 10.2. The molecule has 0 spiro atoms. The highest BCUT2D eigenvalue weighted by atomic mass is 127. The molecule has 0 N–H and O–H groups in total. The second kappa shape index (κ2) is 6.90. The van der Waals surface area contributed by atoms with Crippen molar-refractivity contribution in [1.29, 1.82) is 0 Å². The average Bonchev–Trinajstić information content (AvgIpc) is 2.88. The van der Waals surface area contributed by atoms with E-state index >= 15 is 0 Å². The van der Waals surface area contributed by atoms with Gasteiger partial charge in [-0.05, 0) is 71.9 Å². The van der Waals surface area contributed by atoms with Crippen LogP contribution in [-0.4, -0.2) is 23.3 Å². The molecule has 2 bridgehead atoms. The van der Waals surface area contributed by atoms with Crippen molar-refractivity contribution in [2.24, 2.45) is 11.1 Å². The van der Waals surface area contributed by atoms with Crippen LogP contribution in [0, 0.1) is 9.49 Å². The fraction of sp³-hybridized carbons (Fsp3) is 0.588. The second-order valence-corrected chi connectivity index (χ2v) is 8.70. The molecule has 1 aromatic carbocycles. The molecule has 0 radical (unpaired) electrons. The van der Waals surface area contributed by atoms with Crippen molar-refractivity contribution >= 4 is 40.1 Å². The molecule has 1 unspecified atom stereocenters. The molecule has 1 aromatic rings. The number of halogens is 1. The largest absolute Gasteiger partial charge is 0.399 e. The zero-order valence-corrected chi connectivity index (χ0v) is 15.6. The highest BCUT2D eigenvalue weighted by Gasteiger charge is 2.45. The van der Waals surface area contributed by atoms with Crippen LogP contribution < -0.4 is 0 Å². The van der Waals surface area contributed by atoms with E-state index in [-0.39, 0.29) is 0 Å². The predicted octanol–water partition coefficient (Wildman–Crippen LogP) is 5.07. The molecule has 0 saturated carbocycles. The summed E-state index contributed by atoms with van der Waals surface area (Å²) in [6.45, 7) is 2.20. The van der Waals surface area contributed by atoms with Gasteiger partial charge in [-0.2, -0.15) is 11.8 Å². The summed E-state index contributed by atoms with van der Waals surface area (Å²) in [5.74, 6) is 1.15. The number of thioether (sulfide) groups is 1. The number of oxime groups is 1. The van der Waals surface area contributed by atoms with Gasteiger partial charge < -0.3 is 4.84 Å². The number of rotatable bonds is 4. The maximum absolute atomic E-state index is 5.14. The minimum Gasteiger partial charge on any atom is -0.399 e. The van der Waals surface area contributed by atoms with Gasteiger partial charge in [-0.1, -0.05) is 24.2 Å². The minimum absolute atomic E-state index is 0.541. The summed E-state index contributed by atoms with van der Waals surface area (Å²) >= 11 is 4.57. The predicted molar refractivity (Wildman–Crippen MR) is 99.1 cm³/mol. The van der Waals surface area contributed by atoms with Gasteiger partial charge in [-0.25, -0.2) is 0 Å². The Labute approximate surface area is 145 Å². The summed E-state index contributed by atoms with van der Waals surface area (Å²) in [6.07, 6.45) is 4.98. The molecular formula is C17H22INOS. The van der Waals surface area contributed by atoms with E-state index in [2.05, 4.69) is 70.7 Å². The minimum atomic E-state index is 0.541. The van der Waals surface area contributed by atoms with E-state index < -0.39 is 0 Å². The van der Waals surface area contributed by atoms with E-state index in [1.807, 2.05) is 0 Å². The zero-order valence-electron chi connectivity index (χ0n) is 12.6. The first-order valence-corrected chi connectivity index (χ1v) is 9.76. The summed E-state index contributed by atoms with van der Waals surface area (Å²) in [5, 5.41) is 5.95. The monoisotopic (exact) mass is 415 g/mol. The Balaban J connectivity index is 1.95. The Morgan fingerprint density at radius 1 is 1.33 bits per heavy atom. The number of nitrogens with zero attached hydrogens (tertiary/aromatic N) is 1. The fourth-order valence-corrected chi connectivity index (χ4v) is 6.07. The number of benzene rings is 1. The summed E-state index contributed by atoms with van der Waals surface area (Å²) < 4.78 is 1.31. The van der Waals surface area contributed by atoms with Crippen molar-refractivity contribution in [3.05, 3.63) is 33.4 Å². The van der Waals surface area contributed by atoms with Crippen LogP contribution in [0.4, 0.5) is 0 Å². The third-order valence-electron chi connectivity index (χ3n) is 4.74. The summed E-state index contributed by atoms with van der Waals surface area (Å²) in [6, 6.07) is 9.09. The molecule has 2 fully saturated rings. The van der Waals surface area contributed by atoms with Crippen LogP contribution in [0.5, 0.6) is 0 Å². The third-order valence-corrected chi connectivity index (χ3v) is 7.16. The van der Waals surface area contributed by atoms with Crippen LogP contribution in [-0.2, 0) is 4.84 Å². The highest BCUT2D eigenvalue weighted by molar-refractivity contribution is 14.1. The lowest BCUT2D eigenvalue weighted by Crippen LogP contribution is -2.34. The van der Waals surface area contributed by atoms with Crippen molar-refractivity contribution in [3.63, 3.8) is 0 Å². The Morgan fingerprint density at radius 2 is 2.10 bits per heavy atom. The molecule has 114 valence electrons. The van der Waals surface area contributed by atoms with E-state index in [1.54, 1.807) is 7.11 Å². The van der Waals surface area contributed by atoms with E-state index in [9.17, 15) is 0 Å². The third kappa shape index (κ3) is 3.26. The van der Waals surface area contributed by atoms with Crippen molar-refractivity contribution in [2.45, 2.75) is 49.0 Å². The quantitative estimate of drug-likeness (QED) is 0.389. The van der Waals surface area contributed by atoms with Crippen LogP contribution in [0.25, 0.3) is 0 Å². The van der Waals surface area contributed by atoms with Gasteiger partial charge in [0.25, 0.3) is 0 Å². The maximum atomic E-state index is 5.14. The van der Waals surface area contributed by atoms with Crippen molar-refractivity contribution in [3.8, 4) is 0 Å². The Morgan fingerprint density at radius 3 is 2.76 bits per heavy atom. The van der Waals surface area contributed by atoms with Gasteiger partial charge in [-0.15, -0.1) is 0 Å². The molecule has 2 aliphatic rings. The molecule has 2 heterocycles. The zero-order chi connectivity index (χ0) is 14.8. The van der Waals surface area contributed by atoms with Gasteiger partial charge in [0.2, 0.25) is 0 Å². The summed E-state index contributed by atoms with van der Waals surface area (Å²) in [7, 11) is 1.67. The van der Waals surface area contributed by atoms with Crippen LogP contribution in [0.15, 0.2) is 29.4 Å². The standard InChI is InChI=1S/C17H22INOS/c1-3-15(19-20-2)17-14(10-13-8-9-16(17)21-13)11-4-6-12(18)7-5-11/h4-7,13-14,16-17H,3,8-10H2,1-2H3/t13?,14-,16-,17+/m0/s1. The number of hydrogen-bond donors (Lipinski definition) is 0. The Bertz CT molecular complexity index is 516. The van der Waals surface area contributed by atoms with Crippen molar-refractivity contribution in [2.75, 3.05) is 7.11 Å². The van der Waals surface area contributed by atoms with Gasteiger partial charge >= 0.3 is 0 Å². The molecular weight excluding hydrogens is 393 g/mol.